The number of likely N-dealkylation sites (tertiary alicyclic amines) is 1. The van der Waals surface area contributed by atoms with Gasteiger partial charge in [0, 0.05) is 19.1 Å². The first-order chi connectivity index (χ1) is 8.90. The molecule has 0 aromatic carbocycles. The van der Waals surface area contributed by atoms with Crippen molar-refractivity contribution in [2.75, 3.05) is 19.6 Å². The summed E-state index contributed by atoms with van der Waals surface area (Å²) in [6, 6.07) is -0.193. The molecule has 0 aromatic rings. The van der Waals surface area contributed by atoms with Gasteiger partial charge in [-0.1, -0.05) is 13.8 Å². The van der Waals surface area contributed by atoms with E-state index in [1.165, 1.54) is 0 Å². The number of nitrogens with zero attached hydrogens (tertiary/aromatic N) is 1. The molecule has 0 saturated carbocycles. The summed E-state index contributed by atoms with van der Waals surface area (Å²) in [6.45, 7) is 8.19. The fourth-order valence-corrected chi connectivity index (χ4v) is 3.48. The van der Waals surface area contributed by atoms with E-state index in [0.29, 0.717) is 19.5 Å². The minimum absolute atomic E-state index is 0.142. The van der Waals surface area contributed by atoms with Crippen LogP contribution in [0.15, 0.2) is 0 Å². The predicted molar refractivity (Wildman–Crippen MR) is 71.7 cm³/mol. The van der Waals surface area contributed by atoms with E-state index in [1.54, 1.807) is 4.90 Å². The van der Waals surface area contributed by atoms with Crippen LogP contribution in [0.5, 0.6) is 0 Å². The highest BCUT2D eigenvalue weighted by Gasteiger charge is 2.49. The van der Waals surface area contributed by atoms with Crippen LogP contribution in [0.1, 0.15) is 33.6 Å². The molecule has 108 valence electrons. The normalized spacial score (nSPS) is 35.1. The Bertz CT molecular complexity index is 375. The van der Waals surface area contributed by atoms with Gasteiger partial charge in [-0.25, -0.2) is 0 Å². The lowest BCUT2D eigenvalue weighted by Gasteiger charge is -2.37. The lowest BCUT2D eigenvalue weighted by molar-refractivity contribution is -0.147. The molecule has 0 aliphatic carbocycles. The van der Waals surface area contributed by atoms with Crippen molar-refractivity contribution < 1.29 is 14.7 Å². The molecule has 0 bridgehead atoms. The number of carboxylic acids is 1. The Labute approximate surface area is 114 Å². The number of aliphatic carboxylic acids is 1. The molecule has 3 unspecified atom stereocenters. The third kappa shape index (κ3) is 2.24. The zero-order valence-corrected chi connectivity index (χ0v) is 12.0. The van der Waals surface area contributed by atoms with E-state index in [1.807, 2.05) is 6.92 Å². The average Bonchev–Trinajstić information content (AvgIpc) is 2.94. The zero-order valence-electron chi connectivity index (χ0n) is 12.0. The molecule has 0 aromatic heterocycles. The molecule has 0 radical (unpaired) electrons. The van der Waals surface area contributed by atoms with Crippen LogP contribution in [0.25, 0.3) is 0 Å². The third-order valence-corrected chi connectivity index (χ3v) is 5.05. The van der Waals surface area contributed by atoms with Crippen LogP contribution in [-0.4, -0.2) is 47.6 Å². The Kier molecular flexibility index (Phi) is 3.85. The summed E-state index contributed by atoms with van der Waals surface area (Å²) >= 11 is 0. The van der Waals surface area contributed by atoms with Gasteiger partial charge in [-0.15, -0.1) is 0 Å². The number of rotatable bonds is 3. The van der Waals surface area contributed by atoms with Crippen molar-refractivity contribution in [3.63, 3.8) is 0 Å². The number of hydrogen-bond acceptors (Lipinski definition) is 3. The molecule has 0 spiro atoms. The van der Waals surface area contributed by atoms with Gasteiger partial charge in [0.25, 0.3) is 0 Å². The molecule has 2 N–H and O–H groups in total. The first-order valence-electron chi connectivity index (χ1n) is 7.15. The van der Waals surface area contributed by atoms with E-state index in [-0.39, 0.29) is 23.3 Å². The molecular formula is C14H24N2O3. The fraction of sp³-hybridized carbons (Fsp3) is 0.857. The van der Waals surface area contributed by atoms with Crippen molar-refractivity contribution in [3.8, 4) is 0 Å². The van der Waals surface area contributed by atoms with E-state index < -0.39 is 11.9 Å². The summed E-state index contributed by atoms with van der Waals surface area (Å²) in [6.07, 6.45) is 1.42. The SMILES string of the molecule is CC1C(C(=O)O)CCN1C(=O)C1(C(C)C)CCNC1. The van der Waals surface area contributed by atoms with Gasteiger partial charge in [-0.3, -0.25) is 9.59 Å². The van der Waals surface area contributed by atoms with Crippen molar-refractivity contribution in [1.29, 1.82) is 0 Å². The summed E-state index contributed by atoms with van der Waals surface area (Å²) in [4.78, 5) is 25.8. The Hall–Kier alpha value is -1.10. The maximum atomic E-state index is 12.9. The van der Waals surface area contributed by atoms with E-state index >= 15 is 0 Å². The second-order valence-corrected chi connectivity index (χ2v) is 6.21. The number of hydrogen-bond donors (Lipinski definition) is 2. The summed E-state index contributed by atoms with van der Waals surface area (Å²) in [5.41, 5.74) is -0.346. The van der Waals surface area contributed by atoms with Crippen LogP contribution in [0, 0.1) is 17.3 Å². The van der Waals surface area contributed by atoms with E-state index in [4.69, 9.17) is 0 Å². The Morgan fingerprint density at radius 3 is 2.53 bits per heavy atom. The van der Waals surface area contributed by atoms with E-state index in [0.717, 1.165) is 13.0 Å². The van der Waals surface area contributed by atoms with Crippen molar-refractivity contribution in [3.05, 3.63) is 0 Å². The Balaban J connectivity index is 2.18. The monoisotopic (exact) mass is 268 g/mol. The Morgan fingerprint density at radius 1 is 1.42 bits per heavy atom. The zero-order chi connectivity index (χ0) is 14.2. The van der Waals surface area contributed by atoms with Crippen LogP contribution in [-0.2, 0) is 9.59 Å². The number of carboxylic acid groups (broad SMARTS) is 1. The molecule has 5 heteroatoms. The lowest BCUT2D eigenvalue weighted by Crippen LogP contribution is -2.50. The number of carbonyl (C=O) groups excluding carboxylic acids is 1. The van der Waals surface area contributed by atoms with Gasteiger partial charge < -0.3 is 15.3 Å². The minimum Gasteiger partial charge on any atom is -0.481 e. The van der Waals surface area contributed by atoms with Crippen molar-refractivity contribution in [1.82, 2.24) is 10.2 Å². The first kappa shape index (κ1) is 14.3. The van der Waals surface area contributed by atoms with Gasteiger partial charge in [0.15, 0.2) is 0 Å². The van der Waals surface area contributed by atoms with Crippen LogP contribution in [0.2, 0.25) is 0 Å². The molecule has 2 aliphatic rings. The van der Waals surface area contributed by atoms with Crippen LogP contribution in [0.3, 0.4) is 0 Å². The van der Waals surface area contributed by atoms with Crippen molar-refractivity contribution >= 4 is 11.9 Å². The lowest BCUT2D eigenvalue weighted by atomic mass is 9.75. The minimum atomic E-state index is -0.786. The Morgan fingerprint density at radius 2 is 2.11 bits per heavy atom. The smallest absolute Gasteiger partial charge is 0.308 e. The molecular weight excluding hydrogens is 244 g/mol. The van der Waals surface area contributed by atoms with Crippen molar-refractivity contribution in [2.24, 2.45) is 17.3 Å². The van der Waals surface area contributed by atoms with Gasteiger partial charge in [-0.2, -0.15) is 0 Å². The quantitative estimate of drug-likeness (QED) is 0.799. The van der Waals surface area contributed by atoms with Gasteiger partial charge >= 0.3 is 5.97 Å². The van der Waals surface area contributed by atoms with Crippen LogP contribution < -0.4 is 5.32 Å². The second kappa shape index (κ2) is 5.12. The topological polar surface area (TPSA) is 69.6 Å². The largest absolute Gasteiger partial charge is 0.481 e. The molecule has 1 amide bonds. The standard InChI is InChI=1S/C14H24N2O3/c1-9(2)14(5-6-15-8-14)13(19)16-7-4-11(10(16)3)12(17)18/h9-11,15H,4-8H2,1-3H3,(H,17,18). The van der Waals surface area contributed by atoms with E-state index in [9.17, 15) is 14.7 Å². The van der Waals surface area contributed by atoms with Crippen molar-refractivity contribution in [2.45, 2.75) is 39.7 Å². The summed E-state index contributed by atoms with van der Waals surface area (Å²) in [5.74, 6) is -0.789. The molecule has 2 aliphatic heterocycles. The predicted octanol–water partition coefficient (Wildman–Crippen LogP) is 0.944. The third-order valence-electron chi connectivity index (χ3n) is 5.05. The fourth-order valence-electron chi connectivity index (χ4n) is 3.48. The second-order valence-electron chi connectivity index (χ2n) is 6.21. The van der Waals surface area contributed by atoms with Crippen LogP contribution in [0.4, 0.5) is 0 Å². The van der Waals surface area contributed by atoms with Gasteiger partial charge in [0.05, 0.1) is 11.3 Å². The first-order valence-corrected chi connectivity index (χ1v) is 7.15. The van der Waals surface area contributed by atoms with Gasteiger partial charge in [0.2, 0.25) is 5.91 Å². The summed E-state index contributed by atoms with van der Waals surface area (Å²) < 4.78 is 0. The molecule has 2 heterocycles. The molecule has 2 fully saturated rings. The molecule has 3 atom stereocenters. The van der Waals surface area contributed by atoms with E-state index in [2.05, 4.69) is 19.2 Å². The van der Waals surface area contributed by atoms with Crippen LogP contribution >= 0.6 is 0 Å². The van der Waals surface area contributed by atoms with Gasteiger partial charge in [-0.05, 0) is 32.2 Å². The highest BCUT2D eigenvalue weighted by molar-refractivity contribution is 5.85. The van der Waals surface area contributed by atoms with Gasteiger partial charge in [0.1, 0.15) is 0 Å². The summed E-state index contributed by atoms with van der Waals surface area (Å²) in [7, 11) is 0. The highest BCUT2D eigenvalue weighted by Crippen LogP contribution is 2.39. The molecule has 2 saturated heterocycles. The highest BCUT2D eigenvalue weighted by atomic mass is 16.4. The molecule has 19 heavy (non-hydrogen) atoms. The average molecular weight is 268 g/mol. The molecule has 2 rings (SSSR count). The maximum absolute atomic E-state index is 12.9. The number of carbonyl (C=O) groups is 2. The molecule has 5 nitrogen and oxygen atoms in total. The number of amides is 1. The maximum Gasteiger partial charge on any atom is 0.308 e. The number of nitrogens with one attached hydrogen (secondary N) is 1. The summed E-state index contributed by atoms with van der Waals surface area (Å²) in [5, 5.41) is 12.5.